The van der Waals surface area contributed by atoms with Crippen LogP contribution in [-0.4, -0.2) is 11.6 Å². The van der Waals surface area contributed by atoms with Crippen LogP contribution in [0.1, 0.15) is 5.56 Å². The summed E-state index contributed by atoms with van der Waals surface area (Å²) in [7, 11) is 0. The highest BCUT2D eigenvalue weighted by molar-refractivity contribution is 6.35. The van der Waals surface area contributed by atoms with E-state index in [1.165, 1.54) is 6.08 Å². The summed E-state index contributed by atoms with van der Waals surface area (Å²) in [6.45, 7) is 0. The Morgan fingerprint density at radius 2 is 1.71 bits per heavy atom. The molecule has 0 bridgehead atoms. The average Bonchev–Trinajstić information content (AvgIpc) is 2.35. The Bertz CT molecular complexity index is 593. The molecule has 0 unspecified atom stereocenters. The summed E-state index contributed by atoms with van der Waals surface area (Å²) in [5.74, 6) is -0.792. The number of carbonyl (C=O) groups is 2. The summed E-state index contributed by atoms with van der Waals surface area (Å²) < 4.78 is 0. The summed E-state index contributed by atoms with van der Waals surface area (Å²) in [6.07, 6.45) is 2.26. The smallest absolute Gasteiger partial charge is 0.189 e. The second kappa shape index (κ2) is 4.47. The first-order valence-electron chi connectivity index (χ1n) is 4.85. The zero-order valence-electron chi connectivity index (χ0n) is 8.70. The second-order valence-corrected chi connectivity index (χ2v) is 3.37. The van der Waals surface area contributed by atoms with E-state index < -0.39 is 5.78 Å². The molecule has 0 N–H and O–H groups in total. The Morgan fingerprint density at radius 3 is 2.35 bits per heavy atom. The molecule has 1 aliphatic carbocycles. The predicted octanol–water partition coefficient (Wildman–Crippen LogP) is 2.42. The van der Waals surface area contributed by atoms with Crippen LogP contribution in [0.2, 0.25) is 0 Å². The van der Waals surface area contributed by atoms with Crippen molar-refractivity contribution < 1.29 is 9.59 Å². The molecule has 82 valence electrons. The lowest BCUT2D eigenvalue weighted by Crippen LogP contribution is -2.11. The maximum atomic E-state index is 11.7. The van der Waals surface area contributed by atoms with Crippen molar-refractivity contribution in [1.82, 2.24) is 0 Å². The van der Waals surface area contributed by atoms with Gasteiger partial charge in [-0.05, 0) is 23.2 Å². The molecule has 0 atom stereocenters. The van der Waals surface area contributed by atoms with Crippen molar-refractivity contribution in [3.63, 3.8) is 0 Å². The van der Waals surface area contributed by atoms with E-state index in [0.29, 0.717) is 11.1 Å². The van der Waals surface area contributed by atoms with Crippen molar-refractivity contribution in [2.45, 2.75) is 0 Å². The van der Waals surface area contributed by atoms with Crippen molar-refractivity contribution in [2.24, 2.45) is 5.11 Å². The van der Waals surface area contributed by atoms with Crippen molar-refractivity contribution >= 4 is 17.1 Å². The van der Waals surface area contributed by atoms with Gasteiger partial charge in [0.1, 0.15) is 0 Å². The first kappa shape index (κ1) is 10.9. The Labute approximate surface area is 96.7 Å². The Morgan fingerprint density at radius 1 is 1.00 bits per heavy atom. The van der Waals surface area contributed by atoms with Gasteiger partial charge in [-0.2, -0.15) is 0 Å². The molecule has 5 heteroatoms. The molecule has 17 heavy (non-hydrogen) atoms. The summed E-state index contributed by atoms with van der Waals surface area (Å²) >= 11 is 0. The number of rotatable bonds is 2. The molecule has 0 fully saturated rings. The van der Waals surface area contributed by atoms with Gasteiger partial charge in [0.15, 0.2) is 11.6 Å². The van der Waals surface area contributed by atoms with Crippen LogP contribution in [-0.2, 0) is 9.59 Å². The normalized spacial score (nSPS) is 14.8. The molecule has 0 aliphatic heterocycles. The standard InChI is InChI=1S/C12H7N3O2/c13-15-14-10-7-11(16)9(6-12(10)17)8-4-2-1-3-5-8/h1-7H. The van der Waals surface area contributed by atoms with Gasteiger partial charge in [-0.1, -0.05) is 35.4 Å². The number of hydrogen-bond donors (Lipinski definition) is 0. The number of carbonyl (C=O) groups excluding carboxylic acids is 2. The third-order valence-electron chi connectivity index (χ3n) is 2.30. The fraction of sp³-hybridized carbons (Fsp3) is 0. The topological polar surface area (TPSA) is 82.9 Å². The van der Waals surface area contributed by atoms with Gasteiger partial charge in [-0.3, -0.25) is 9.59 Å². The Hall–Kier alpha value is -2.65. The number of allylic oxidation sites excluding steroid dienone is 3. The maximum Gasteiger partial charge on any atom is 0.189 e. The van der Waals surface area contributed by atoms with Gasteiger partial charge in [0, 0.05) is 10.5 Å². The average molecular weight is 225 g/mol. The molecule has 0 saturated heterocycles. The highest BCUT2D eigenvalue weighted by Crippen LogP contribution is 2.21. The summed E-state index contributed by atoms with van der Waals surface area (Å²) in [5, 5.41) is 3.17. The number of benzene rings is 1. The summed E-state index contributed by atoms with van der Waals surface area (Å²) in [4.78, 5) is 25.8. The zero-order valence-corrected chi connectivity index (χ0v) is 8.70. The van der Waals surface area contributed by atoms with E-state index in [0.717, 1.165) is 6.08 Å². The van der Waals surface area contributed by atoms with Gasteiger partial charge in [-0.25, -0.2) is 0 Å². The van der Waals surface area contributed by atoms with Crippen LogP contribution in [0.5, 0.6) is 0 Å². The van der Waals surface area contributed by atoms with E-state index in [1.54, 1.807) is 24.3 Å². The van der Waals surface area contributed by atoms with Crippen molar-refractivity contribution in [3.05, 3.63) is 64.2 Å². The van der Waals surface area contributed by atoms with Crippen LogP contribution in [0.4, 0.5) is 0 Å². The number of hydrogen-bond acceptors (Lipinski definition) is 3. The van der Waals surface area contributed by atoms with Crippen LogP contribution in [0.3, 0.4) is 0 Å². The fourth-order valence-electron chi connectivity index (χ4n) is 1.52. The van der Waals surface area contributed by atoms with E-state index in [1.807, 2.05) is 6.07 Å². The molecule has 0 saturated carbocycles. The molecule has 1 aliphatic rings. The molecular formula is C12H7N3O2. The van der Waals surface area contributed by atoms with Crippen molar-refractivity contribution in [2.75, 3.05) is 0 Å². The van der Waals surface area contributed by atoms with Crippen LogP contribution >= 0.6 is 0 Å². The minimum absolute atomic E-state index is 0.169. The SMILES string of the molecule is [N-]=[N+]=NC1=CC(=O)C(c2ccccc2)=CC1=O. The zero-order chi connectivity index (χ0) is 12.3. The van der Waals surface area contributed by atoms with Crippen LogP contribution in [0.25, 0.3) is 16.0 Å². The van der Waals surface area contributed by atoms with E-state index in [-0.39, 0.29) is 11.5 Å². The van der Waals surface area contributed by atoms with E-state index >= 15 is 0 Å². The molecule has 0 aromatic heterocycles. The predicted molar refractivity (Wildman–Crippen MR) is 61.7 cm³/mol. The lowest BCUT2D eigenvalue weighted by molar-refractivity contribution is -0.114. The number of ketones is 2. The van der Waals surface area contributed by atoms with E-state index in [4.69, 9.17) is 5.53 Å². The largest absolute Gasteiger partial charge is 0.289 e. The molecule has 1 aromatic carbocycles. The minimum Gasteiger partial charge on any atom is -0.289 e. The van der Waals surface area contributed by atoms with Gasteiger partial charge in [-0.15, -0.1) is 0 Å². The molecular weight excluding hydrogens is 218 g/mol. The highest BCUT2D eigenvalue weighted by atomic mass is 16.1. The van der Waals surface area contributed by atoms with Gasteiger partial charge in [0.2, 0.25) is 0 Å². The molecule has 0 radical (unpaired) electrons. The molecule has 0 heterocycles. The van der Waals surface area contributed by atoms with E-state index in [2.05, 4.69) is 10.0 Å². The van der Waals surface area contributed by atoms with Crippen LogP contribution in [0.15, 0.2) is 53.3 Å². The quantitative estimate of drug-likeness (QED) is 0.335. The van der Waals surface area contributed by atoms with E-state index in [9.17, 15) is 9.59 Å². The Balaban J connectivity index is 2.42. The third kappa shape index (κ3) is 2.14. The van der Waals surface area contributed by atoms with Crippen LogP contribution in [0, 0.1) is 0 Å². The molecule has 5 nitrogen and oxygen atoms in total. The summed E-state index contributed by atoms with van der Waals surface area (Å²) in [5.41, 5.74) is 9.05. The van der Waals surface area contributed by atoms with Crippen molar-refractivity contribution in [3.8, 4) is 0 Å². The lowest BCUT2D eigenvalue weighted by Gasteiger charge is -2.09. The van der Waals surface area contributed by atoms with Gasteiger partial charge in [0.05, 0.1) is 5.70 Å². The highest BCUT2D eigenvalue weighted by Gasteiger charge is 2.20. The second-order valence-electron chi connectivity index (χ2n) is 3.37. The molecule has 2 rings (SSSR count). The van der Waals surface area contributed by atoms with Gasteiger partial charge in [0.25, 0.3) is 0 Å². The maximum absolute atomic E-state index is 11.7. The minimum atomic E-state index is -0.457. The molecule has 0 spiro atoms. The third-order valence-corrected chi connectivity index (χ3v) is 2.30. The molecule has 1 aromatic rings. The number of azide groups is 1. The van der Waals surface area contributed by atoms with Gasteiger partial charge >= 0.3 is 0 Å². The first-order chi connectivity index (χ1) is 8.22. The number of nitrogens with zero attached hydrogens (tertiary/aromatic N) is 3. The first-order valence-corrected chi connectivity index (χ1v) is 4.85. The van der Waals surface area contributed by atoms with Crippen LogP contribution < -0.4 is 0 Å². The Kier molecular flexibility index (Phi) is 2.85. The van der Waals surface area contributed by atoms with Gasteiger partial charge < -0.3 is 0 Å². The van der Waals surface area contributed by atoms with Crippen molar-refractivity contribution in [1.29, 1.82) is 0 Å². The monoisotopic (exact) mass is 225 g/mol. The lowest BCUT2D eigenvalue weighted by atomic mass is 9.95. The molecule has 0 amide bonds. The summed E-state index contributed by atoms with van der Waals surface area (Å²) in [6, 6.07) is 8.86. The fourth-order valence-corrected chi connectivity index (χ4v) is 1.52.